The molecule has 55 heavy (non-hydrogen) atoms. The van der Waals surface area contributed by atoms with E-state index in [9.17, 15) is 20.1 Å². The molecule has 0 aromatic rings. The maximum absolute atomic E-state index is 12.5. The average Bonchev–Trinajstić information content (AvgIpc) is 3.19. The minimum Gasteiger partial charge on any atom is -0.394 e. The van der Waals surface area contributed by atoms with E-state index in [0.717, 1.165) is 38.5 Å². The van der Waals surface area contributed by atoms with Crippen LogP contribution in [0.5, 0.6) is 0 Å². The molecule has 1 amide bonds. The highest BCUT2D eigenvalue weighted by Crippen LogP contribution is 2.15. The molecule has 0 heterocycles. The fourth-order valence-corrected chi connectivity index (χ4v) is 7.37. The Bertz CT molecular complexity index is 855. The molecule has 0 saturated heterocycles. The maximum Gasteiger partial charge on any atom is 0.249 e. The zero-order chi connectivity index (χ0) is 40.1. The number of amides is 1. The van der Waals surface area contributed by atoms with Crippen molar-refractivity contribution in [3.8, 4) is 0 Å². The second kappa shape index (κ2) is 45.3. The van der Waals surface area contributed by atoms with Crippen LogP contribution in [0.1, 0.15) is 251 Å². The molecule has 3 atom stereocenters. The highest BCUT2D eigenvalue weighted by Gasteiger charge is 2.22. The lowest BCUT2D eigenvalue weighted by Crippen LogP contribution is -2.48. The maximum atomic E-state index is 12.5. The van der Waals surface area contributed by atoms with E-state index in [1.165, 1.54) is 193 Å². The van der Waals surface area contributed by atoms with Crippen LogP contribution in [0.15, 0.2) is 36.5 Å². The fourth-order valence-electron chi connectivity index (χ4n) is 7.37. The highest BCUT2D eigenvalue weighted by molar-refractivity contribution is 5.80. The van der Waals surface area contributed by atoms with Gasteiger partial charge in [0.25, 0.3) is 0 Å². The topological polar surface area (TPSA) is 89.8 Å². The Hall–Kier alpha value is -1.43. The molecule has 5 nitrogen and oxygen atoms in total. The lowest BCUT2D eigenvalue weighted by Gasteiger charge is -2.21. The van der Waals surface area contributed by atoms with E-state index < -0.39 is 24.2 Å². The summed E-state index contributed by atoms with van der Waals surface area (Å²) in [6.45, 7) is 4.18. The summed E-state index contributed by atoms with van der Waals surface area (Å²) >= 11 is 0. The molecule has 0 radical (unpaired) electrons. The van der Waals surface area contributed by atoms with Crippen molar-refractivity contribution >= 4 is 5.91 Å². The Kier molecular flexibility index (Phi) is 44.1. The van der Waals surface area contributed by atoms with Gasteiger partial charge in [-0.15, -0.1) is 0 Å². The quantitative estimate of drug-likeness (QED) is 0.0367. The molecule has 3 unspecified atom stereocenters. The third-order valence-corrected chi connectivity index (χ3v) is 11.2. The first-order valence-corrected chi connectivity index (χ1v) is 24.3. The molecule has 0 spiro atoms. The van der Waals surface area contributed by atoms with Gasteiger partial charge in [0.2, 0.25) is 5.91 Å². The predicted molar refractivity (Wildman–Crippen MR) is 241 cm³/mol. The number of aliphatic hydroxyl groups excluding tert-OH is 3. The zero-order valence-electron chi connectivity index (χ0n) is 36.8. The second-order valence-corrected chi connectivity index (χ2v) is 16.7. The molecular formula is C50H95NO4. The second-order valence-electron chi connectivity index (χ2n) is 16.7. The number of carbonyl (C=O) groups is 1. The van der Waals surface area contributed by atoms with Crippen LogP contribution in [0.25, 0.3) is 0 Å². The summed E-state index contributed by atoms with van der Waals surface area (Å²) in [4.78, 5) is 12.5. The number of nitrogens with one attached hydrogen (secondary N) is 1. The molecule has 0 aromatic heterocycles. The van der Waals surface area contributed by atoms with Gasteiger partial charge < -0.3 is 20.6 Å². The van der Waals surface area contributed by atoms with E-state index in [2.05, 4.69) is 43.5 Å². The number of aliphatic hydroxyl groups is 3. The van der Waals surface area contributed by atoms with Crippen LogP contribution in [0, 0.1) is 0 Å². The summed E-state index contributed by atoms with van der Waals surface area (Å²) in [5, 5.41) is 33.2. The molecule has 0 saturated carbocycles. The molecule has 0 fully saturated rings. The Labute approximate surface area is 343 Å². The summed E-state index contributed by atoms with van der Waals surface area (Å²) in [5.74, 6) is -0.516. The van der Waals surface area contributed by atoms with Crippen LogP contribution in [0.2, 0.25) is 0 Å². The van der Waals surface area contributed by atoms with Gasteiger partial charge in [-0.25, -0.2) is 0 Å². The van der Waals surface area contributed by atoms with Gasteiger partial charge in [0.15, 0.2) is 0 Å². The van der Waals surface area contributed by atoms with Gasteiger partial charge in [-0.05, 0) is 57.8 Å². The van der Waals surface area contributed by atoms with E-state index in [4.69, 9.17) is 0 Å². The van der Waals surface area contributed by atoms with Crippen molar-refractivity contribution in [3.05, 3.63) is 36.5 Å². The van der Waals surface area contributed by atoms with Gasteiger partial charge in [0, 0.05) is 0 Å². The van der Waals surface area contributed by atoms with E-state index in [0.29, 0.717) is 6.42 Å². The van der Waals surface area contributed by atoms with Gasteiger partial charge in [-0.2, -0.15) is 0 Å². The standard InChI is InChI=1S/C50H95NO4/c1-3-5-7-9-11-13-15-17-19-21-23-24-25-27-28-30-32-34-36-38-40-42-44-48(53)47(46-52)51-50(55)49(54)45-43-41-39-37-35-33-31-29-26-22-20-18-16-14-12-10-8-6-4-2/h26,29,34,36,42,44,47-49,52-54H,3-25,27-28,30-33,35,37-41,43,45-46H2,1-2H3,(H,51,55)/b29-26-,36-34+,44-42+. The third-order valence-electron chi connectivity index (χ3n) is 11.2. The van der Waals surface area contributed by atoms with E-state index in [-0.39, 0.29) is 6.61 Å². The Balaban J connectivity index is 3.68. The van der Waals surface area contributed by atoms with Crippen molar-refractivity contribution in [2.24, 2.45) is 0 Å². The summed E-state index contributed by atoms with van der Waals surface area (Å²) < 4.78 is 0. The number of carbonyl (C=O) groups excluding carboxylic acids is 1. The van der Waals surface area contributed by atoms with Crippen LogP contribution in [-0.4, -0.2) is 46.1 Å². The molecular weight excluding hydrogens is 679 g/mol. The molecule has 0 aliphatic carbocycles. The normalized spacial score (nSPS) is 13.8. The smallest absolute Gasteiger partial charge is 0.249 e. The van der Waals surface area contributed by atoms with E-state index in [1.807, 2.05) is 6.08 Å². The van der Waals surface area contributed by atoms with E-state index >= 15 is 0 Å². The number of allylic oxidation sites excluding steroid dienone is 5. The largest absolute Gasteiger partial charge is 0.394 e. The van der Waals surface area contributed by atoms with Crippen molar-refractivity contribution < 1.29 is 20.1 Å². The Morgan fingerprint density at radius 2 is 0.745 bits per heavy atom. The SMILES string of the molecule is CCCCCCCCCCC/C=C\CCCCCCCCC(O)C(=O)NC(CO)C(O)/C=C/CC/C=C/CCCCCCCCCCCCCCCCCC. The molecule has 0 rings (SSSR count). The molecule has 324 valence electrons. The van der Waals surface area contributed by atoms with Crippen LogP contribution >= 0.6 is 0 Å². The minimum atomic E-state index is -1.11. The van der Waals surface area contributed by atoms with Crippen LogP contribution in [0.4, 0.5) is 0 Å². The van der Waals surface area contributed by atoms with Gasteiger partial charge in [-0.1, -0.05) is 230 Å². The summed E-state index contributed by atoms with van der Waals surface area (Å²) in [6.07, 6.45) is 57.6. The van der Waals surface area contributed by atoms with Gasteiger partial charge >= 0.3 is 0 Å². The molecule has 0 aliphatic heterocycles. The Morgan fingerprint density at radius 1 is 0.436 bits per heavy atom. The van der Waals surface area contributed by atoms with Gasteiger partial charge in [0.05, 0.1) is 18.8 Å². The first-order chi connectivity index (χ1) is 27.1. The number of hydrogen-bond donors (Lipinski definition) is 4. The van der Waals surface area contributed by atoms with E-state index in [1.54, 1.807) is 6.08 Å². The zero-order valence-corrected chi connectivity index (χ0v) is 36.8. The van der Waals surface area contributed by atoms with Crippen LogP contribution < -0.4 is 5.32 Å². The summed E-state index contributed by atoms with van der Waals surface area (Å²) in [7, 11) is 0. The fraction of sp³-hybridized carbons (Fsp3) is 0.860. The monoisotopic (exact) mass is 774 g/mol. The Morgan fingerprint density at radius 3 is 1.11 bits per heavy atom. The molecule has 4 N–H and O–H groups in total. The molecule has 0 aromatic carbocycles. The van der Waals surface area contributed by atoms with Crippen molar-refractivity contribution in [1.29, 1.82) is 0 Å². The van der Waals surface area contributed by atoms with Crippen LogP contribution in [0.3, 0.4) is 0 Å². The van der Waals surface area contributed by atoms with Crippen molar-refractivity contribution in [2.45, 2.75) is 270 Å². The number of hydrogen-bond acceptors (Lipinski definition) is 4. The summed E-state index contributed by atoms with van der Waals surface area (Å²) in [5.41, 5.74) is 0. The average molecular weight is 774 g/mol. The van der Waals surface area contributed by atoms with Crippen molar-refractivity contribution in [1.82, 2.24) is 5.32 Å². The highest BCUT2D eigenvalue weighted by atomic mass is 16.3. The number of unbranched alkanes of at least 4 members (excludes halogenated alkanes) is 32. The summed E-state index contributed by atoms with van der Waals surface area (Å²) in [6, 6.07) is -0.817. The van der Waals surface area contributed by atoms with Crippen molar-refractivity contribution in [2.75, 3.05) is 6.61 Å². The minimum absolute atomic E-state index is 0.377. The third kappa shape index (κ3) is 40.6. The van der Waals surface area contributed by atoms with Gasteiger partial charge in [0.1, 0.15) is 6.10 Å². The molecule has 0 bridgehead atoms. The molecule has 0 aliphatic rings. The van der Waals surface area contributed by atoms with Crippen molar-refractivity contribution in [3.63, 3.8) is 0 Å². The predicted octanol–water partition coefficient (Wildman–Crippen LogP) is 14.3. The first-order valence-electron chi connectivity index (χ1n) is 24.3. The number of rotatable bonds is 44. The van der Waals surface area contributed by atoms with Crippen LogP contribution in [-0.2, 0) is 4.79 Å². The van der Waals surface area contributed by atoms with Gasteiger partial charge in [-0.3, -0.25) is 4.79 Å². The first kappa shape index (κ1) is 53.6. The lowest BCUT2D eigenvalue weighted by atomic mass is 10.0. The molecule has 5 heteroatoms. The lowest BCUT2D eigenvalue weighted by molar-refractivity contribution is -0.131.